The largest absolute Gasteiger partial charge is 0.508 e. The molecule has 0 unspecified atom stereocenters. The van der Waals surface area contributed by atoms with E-state index in [0.29, 0.717) is 5.56 Å². The van der Waals surface area contributed by atoms with Crippen LogP contribution in [0.3, 0.4) is 0 Å². The second-order valence-corrected chi connectivity index (χ2v) is 9.55. The summed E-state index contributed by atoms with van der Waals surface area (Å²) in [6, 6.07) is 6.10. The number of phenols is 1. The number of hydrogen-bond acceptors (Lipinski definition) is 12. The van der Waals surface area contributed by atoms with Gasteiger partial charge in [-0.1, -0.05) is 12.1 Å². The predicted octanol–water partition coefficient (Wildman–Crippen LogP) is -1.48. The standard InChI is InChI=1S/C24H28O12/c1-23-18-22(32-9-8-24(18,31)19(30)20(23)36-23)35-21-17(29)16(28)15(27)13(34-21)10-33-14(26)7-4-11-2-5-12(25)6-3-11/h2-9,13,15-22,25,27-31H,10H2,1H3/b7-4+/t13-,15-,16+,17-,18-,19+,20+,21+,22+,23-,24+/m1/s1. The number of fused-ring (bicyclic) bond motifs is 3. The van der Waals surface area contributed by atoms with Gasteiger partial charge >= 0.3 is 5.97 Å². The molecule has 11 atom stereocenters. The topological polar surface area (TPSA) is 188 Å². The first-order valence-electron chi connectivity index (χ1n) is 11.4. The Balaban J connectivity index is 1.22. The molecule has 1 aliphatic carbocycles. The number of aliphatic hydroxyl groups is 5. The molecule has 2 saturated heterocycles. The third-order valence-electron chi connectivity index (χ3n) is 7.22. The molecule has 0 radical (unpaired) electrons. The Kier molecular flexibility index (Phi) is 6.34. The van der Waals surface area contributed by atoms with Crippen molar-refractivity contribution >= 4 is 12.0 Å². The van der Waals surface area contributed by atoms with Crippen molar-refractivity contribution in [3.8, 4) is 5.75 Å². The monoisotopic (exact) mass is 508 g/mol. The fraction of sp³-hybridized carbons (Fsp3) is 0.542. The molecule has 12 nitrogen and oxygen atoms in total. The van der Waals surface area contributed by atoms with E-state index in [1.165, 1.54) is 30.5 Å². The second-order valence-electron chi connectivity index (χ2n) is 9.55. The number of esters is 1. The lowest BCUT2D eigenvalue weighted by atomic mass is 9.82. The lowest BCUT2D eigenvalue weighted by molar-refractivity contribution is -0.350. The summed E-state index contributed by atoms with van der Waals surface area (Å²) in [7, 11) is 0. The van der Waals surface area contributed by atoms with Crippen molar-refractivity contribution in [2.24, 2.45) is 5.92 Å². The maximum Gasteiger partial charge on any atom is 0.330 e. The van der Waals surface area contributed by atoms with Crippen molar-refractivity contribution < 1.29 is 59.1 Å². The van der Waals surface area contributed by atoms with Gasteiger partial charge in [0.1, 0.15) is 60.2 Å². The minimum atomic E-state index is -1.70. The van der Waals surface area contributed by atoms with Crippen LogP contribution in [-0.4, -0.2) is 104 Å². The van der Waals surface area contributed by atoms with Gasteiger partial charge < -0.3 is 54.3 Å². The highest BCUT2D eigenvalue weighted by Gasteiger charge is 2.79. The molecule has 4 aliphatic rings. The molecule has 3 aliphatic heterocycles. The van der Waals surface area contributed by atoms with Crippen LogP contribution in [0.2, 0.25) is 0 Å². The van der Waals surface area contributed by atoms with Crippen LogP contribution < -0.4 is 0 Å². The summed E-state index contributed by atoms with van der Waals surface area (Å²) in [5.41, 5.74) is -2.00. The lowest BCUT2D eigenvalue weighted by Crippen LogP contribution is -2.62. The van der Waals surface area contributed by atoms with E-state index in [9.17, 15) is 35.4 Å². The SMILES string of the molecule is C[C@]12O[C@H]1[C@H](O)[C@]1(O)C=CO[C@@H](O[C@@H]3O[C@H](COC(=O)/C=C/c4ccc(O)cc4)[C@@H](O)[C@H](O)[C@H]3O)[C@@H]12. The van der Waals surface area contributed by atoms with Crippen LogP contribution in [0.15, 0.2) is 42.7 Å². The third-order valence-corrected chi connectivity index (χ3v) is 7.22. The number of rotatable bonds is 6. The van der Waals surface area contributed by atoms with Crippen LogP contribution in [0.4, 0.5) is 0 Å². The zero-order valence-corrected chi connectivity index (χ0v) is 19.2. The molecular weight excluding hydrogens is 480 g/mol. The van der Waals surface area contributed by atoms with Crippen molar-refractivity contribution in [1.29, 1.82) is 0 Å². The summed E-state index contributed by atoms with van der Waals surface area (Å²) < 4.78 is 27.5. The van der Waals surface area contributed by atoms with Gasteiger partial charge in [0.25, 0.3) is 0 Å². The van der Waals surface area contributed by atoms with Gasteiger partial charge in [0, 0.05) is 6.08 Å². The van der Waals surface area contributed by atoms with E-state index in [1.54, 1.807) is 19.1 Å². The van der Waals surface area contributed by atoms with Crippen LogP contribution in [0, 0.1) is 5.92 Å². The zero-order valence-electron chi connectivity index (χ0n) is 19.2. The van der Waals surface area contributed by atoms with Crippen molar-refractivity contribution in [2.45, 2.75) is 67.3 Å². The van der Waals surface area contributed by atoms with Crippen LogP contribution in [0.25, 0.3) is 6.08 Å². The molecule has 196 valence electrons. The number of ether oxygens (including phenoxy) is 5. The summed E-state index contributed by atoms with van der Waals surface area (Å²) in [6.45, 7) is 1.22. The highest BCUT2D eigenvalue weighted by atomic mass is 16.8. The molecule has 1 saturated carbocycles. The van der Waals surface area contributed by atoms with Crippen molar-refractivity contribution in [3.63, 3.8) is 0 Å². The van der Waals surface area contributed by atoms with Gasteiger partial charge in [-0.3, -0.25) is 0 Å². The highest BCUT2D eigenvalue weighted by molar-refractivity contribution is 5.87. The molecule has 3 fully saturated rings. The van der Waals surface area contributed by atoms with Crippen molar-refractivity contribution in [3.05, 3.63) is 48.2 Å². The molecule has 1 aromatic carbocycles. The van der Waals surface area contributed by atoms with Gasteiger partial charge in [0.2, 0.25) is 6.29 Å². The van der Waals surface area contributed by atoms with Crippen LogP contribution in [-0.2, 0) is 28.5 Å². The van der Waals surface area contributed by atoms with E-state index in [4.69, 9.17) is 23.7 Å². The van der Waals surface area contributed by atoms with Gasteiger partial charge in [-0.15, -0.1) is 0 Å². The first-order valence-corrected chi connectivity index (χ1v) is 11.4. The summed E-state index contributed by atoms with van der Waals surface area (Å²) >= 11 is 0. The first kappa shape index (κ1) is 25.1. The van der Waals surface area contributed by atoms with Crippen LogP contribution in [0.1, 0.15) is 12.5 Å². The number of phenolic OH excluding ortho intramolecular Hbond substituents is 1. The van der Waals surface area contributed by atoms with E-state index < -0.39 is 78.9 Å². The van der Waals surface area contributed by atoms with E-state index in [0.717, 1.165) is 6.08 Å². The zero-order chi connectivity index (χ0) is 25.8. The van der Waals surface area contributed by atoms with Gasteiger partial charge in [0.15, 0.2) is 6.29 Å². The van der Waals surface area contributed by atoms with Gasteiger partial charge in [-0.2, -0.15) is 0 Å². The van der Waals surface area contributed by atoms with E-state index >= 15 is 0 Å². The quantitative estimate of drug-likeness (QED) is 0.149. The van der Waals surface area contributed by atoms with Crippen molar-refractivity contribution in [2.75, 3.05) is 6.61 Å². The predicted molar refractivity (Wildman–Crippen MR) is 118 cm³/mol. The Hall–Kier alpha value is -2.55. The summed E-state index contributed by atoms with van der Waals surface area (Å²) in [5, 5.41) is 61.9. The van der Waals surface area contributed by atoms with Gasteiger partial charge in [-0.25, -0.2) is 4.79 Å². The average Bonchev–Trinajstić information content (AvgIpc) is 3.49. The summed E-state index contributed by atoms with van der Waals surface area (Å²) in [5.74, 6) is -1.55. The molecule has 12 heteroatoms. The highest BCUT2D eigenvalue weighted by Crippen LogP contribution is 2.61. The molecule has 0 amide bonds. The maximum absolute atomic E-state index is 12.1. The molecule has 0 bridgehead atoms. The number of carbonyl (C=O) groups excluding carboxylic acids is 1. The summed E-state index contributed by atoms with van der Waals surface area (Å²) in [6.07, 6.45) is -5.78. The van der Waals surface area contributed by atoms with Crippen LogP contribution >= 0.6 is 0 Å². The Morgan fingerprint density at radius 1 is 1.08 bits per heavy atom. The normalized spacial score (nSPS) is 45.1. The number of benzene rings is 1. The van der Waals surface area contributed by atoms with Crippen molar-refractivity contribution in [1.82, 2.24) is 0 Å². The number of carbonyl (C=O) groups is 1. The van der Waals surface area contributed by atoms with E-state index in [1.807, 2.05) is 0 Å². The average molecular weight is 508 g/mol. The minimum absolute atomic E-state index is 0.0812. The summed E-state index contributed by atoms with van der Waals surface area (Å²) in [4.78, 5) is 12.1. The molecule has 0 spiro atoms. The molecule has 5 rings (SSSR count). The third kappa shape index (κ3) is 4.19. The fourth-order valence-electron chi connectivity index (χ4n) is 5.12. The molecule has 0 aromatic heterocycles. The van der Waals surface area contributed by atoms with Crippen LogP contribution in [0.5, 0.6) is 5.75 Å². The lowest BCUT2D eigenvalue weighted by Gasteiger charge is -2.45. The smallest absolute Gasteiger partial charge is 0.330 e. The number of hydrogen-bond donors (Lipinski definition) is 6. The van der Waals surface area contributed by atoms with Gasteiger partial charge in [-0.05, 0) is 36.8 Å². The molecule has 1 aromatic rings. The maximum atomic E-state index is 12.1. The molecular formula is C24H28O12. The molecule has 3 heterocycles. The Morgan fingerprint density at radius 3 is 2.53 bits per heavy atom. The Bertz CT molecular complexity index is 1040. The molecule has 36 heavy (non-hydrogen) atoms. The Labute approximate surface area is 205 Å². The fourth-order valence-corrected chi connectivity index (χ4v) is 5.12. The minimum Gasteiger partial charge on any atom is -0.508 e. The Morgan fingerprint density at radius 2 is 1.81 bits per heavy atom. The van der Waals surface area contributed by atoms with E-state index in [2.05, 4.69) is 0 Å². The number of aromatic hydroxyl groups is 1. The van der Waals surface area contributed by atoms with Gasteiger partial charge in [0.05, 0.1) is 12.2 Å². The first-order chi connectivity index (χ1) is 17.0. The number of epoxide rings is 1. The van der Waals surface area contributed by atoms with E-state index in [-0.39, 0.29) is 5.75 Å². The number of aliphatic hydroxyl groups excluding tert-OH is 4. The second kappa shape index (κ2) is 9.08. The molecule has 6 N–H and O–H groups in total.